The number of amides is 1. The smallest absolute Gasteiger partial charge is 0.220 e. The van der Waals surface area contributed by atoms with Gasteiger partial charge in [-0.2, -0.15) is 0 Å². The number of nitrogens with one attached hydrogen (secondary N) is 1. The second-order valence-corrected chi connectivity index (χ2v) is 4.54. The van der Waals surface area contributed by atoms with E-state index in [1.54, 1.807) is 0 Å². The van der Waals surface area contributed by atoms with Gasteiger partial charge in [-0.15, -0.1) is 0 Å². The lowest BCUT2D eigenvalue weighted by atomic mass is 10.1. The molecule has 0 bridgehead atoms. The van der Waals surface area contributed by atoms with Crippen LogP contribution in [0, 0.1) is 0 Å². The van der Waals surface area contributed by atoms with Gasteiger partial charge < -0.3 is 11.1 Å². The Kier molecular flexibility index (Phi) is 7.89. The van der Waals surface area contributed by atoms with Crippen LogP contribution in [0.3, 0.4) is 0 Å². The van der Waals surface area contributed by atoms with Crippen LogP contribution in [0.4, 0.5) is 0 Å². The Labute approximate surface area is 110 Å². The van der Waals surface area contributed by atoms with Crippen molar-refractivity contribution in [2.75, 3.05) is 13.1 Å². The molecule has 0 atom stereocenters. The van der Waals surface area contributed by atoms with Crippen LogP contribution in [0.1, 0.15) is 37.7 Å². The molecule has 1 rings (SSSR count). The maximum absolute atomic E-state index is 11.5. The minimum absolute atomic E-state index is 0.165. The molecule has 0 saturated heterocycles. The summed E-state index contributed by atoms with van der Waals surface area (Å²) in [5.74, 6) is 0.165. The van der Waals surface area contributed by atoms with E-state index >= 15 is 0 Å². The highest BCUT2D eigenvalue weighted by atomic mass is 16.1. The van der Waals surface area contributed by atoms with Gasteiger partial charge in [0.25, 0.3) is 0 Å². The summed E-state index contributed by atoms with van der Waals surface area (Å²) in [7, 11) is 0. The normalized spacial score (nSPS) is 10.3. The van der Waals surface area contributed by atoms with Gasteiger partial charge in [0, 0.05) is 13.0 Å². The number of rotatable bonds is 9. The molecule has 0 heterocycles. The van der Waals surface area contributed by atoms with Crippen molar-refractivity contribution >= 4 is 5.91 Å². The molecule has 0 aliphatic heterocycles. The van der Waals surface area contributed by atoms with E-state index in [0.29, 0.717) is 6.42 Å². The highest BCUT2D eigenvalue weighted by Gasteiger charge is 2.00. The largest absolute Gasteiger partial charge is 0.356 e. The zero-order chi connectivity index (χ0) is 13.1. The highest BCUT2D eigenvalue weighted by molar-refractivity contribution is 5.75. The van der Waals surface area contributed by atoms with E-state index in [4.69, 9.17) is 5.73 Å². The first-order chi connectivity index (χ1) is 8.83. The van der Waals surface area contributed by atoms with Gasteiger partial charge in [0.15, 0.2) is 0 Å². The van der Waals surface area contributed by atoms with Crippen LogP contribution in [0.15, 0.2) is 30.3 Å². The van der Waals surface area contributed by atoms with Gasteiger partial charge in [0.05, 0.1) is 0 Å². The second-order valence-electron chi connectivity index (χ2n) is 4.54. The van der Waals surface area contributed by atoms with E-state index in [1.165, 1.54) is 5.56 Å². The molecule has 3 N–H and O–H groups in total. The molecule has 0 unspecified atom stereocenters. The van der Waals surface area contributed by atoms with E-state index < -0.39 is 0 Å². The number of nitrogens with two attached hydrogens (primary N) is 1. The van der Waals surface area contributed by atoms with E-state index in [9.17, 15) is 4.79 Å². The first kappa shape index (κ1) is 14.7. The van der Waals surface area contributed by atoms with Gasteiger partial charge in [-0.25, -0.2) is 0 Å². The van der Waals surface area contributed by atoms with Gasteiger partial charge >= 0.3 is 0 Å². The van der Waals surface area contributed by atoms with Crippen molar-refractivity contribution in [2.45, 2.75) is 38.5 Å². The minimum Gasteiger partial charge on any atom is -0.356 e. The van der Waals surface area contributed by atoms with Gasteiger partial charge in [0.1, 0.15) is 0 Å². The van der Waals surface area contributed by atoms with Gasteiger partial charge in [-0.05, 0) is 31.4 Å². The maximum atomic E-state index is 11.5. The molecule has 3 nitrogen and oxygen atoms in total. The summed E-state index contributed by atoms with van der Waals surface area (Å²) in [6.45, 7) is 1.48. The second kappa shape index (κ2) is 9.66. The molecular weight excluding hydrogens is 224 g/mol. The average molecular weight is 248 g/mol. The van der Waals surface area contributed by atoms with Crippen LogP contribution in [-0.2, 0) is 11.2 Å². The van der Waals surface area contributed by atoms with Crippen molar-refractivity contribution < 1.29 is 4.79 Å². The van der Waals surface area contributed by atoms with Gasteiger partial charge in [-0.3, -0.25) is 4.79 Å². The van der Waals surface area contributed by atoms with Crippen molar-refractivity contribution in [3.8, 4) is 0 Å². The molecule has 0 aliphatic carbocycles. The maximum Gasteiger partial charge on any atom is 0.220 e. The van der Waals surface area contributed by atoms with Crippen LogP contribution in [-0.4, -0.2) is 19.0 Å². The van der Waals surface area contributed by atoms with Crippen LogP contribution >= 0.6 is 0 Å². The fourth-order valence-electron chi connectivity index (χ4n) is 1.86. The lowest BCUT2D eigenvalue weighted by molar-refractivity contribution is -0.121. The molecule has 0 radical (unpaired) electrons. The van der Waals surface area contributed by atoms with E-state index in [2.05, 4.69) is 17.4 Å². The lowest BCUT2D eigenvalue weighted by Crippen LogP contribution is -2.25. The Hall–Kier alpha value is -1.35. The molecular formula is C15H24N2O. The molecule has 100 valence electrons. The standard InChI is InChI=1S/C15H24N2O/c16-12-7-2-1-6-10-15(18)17-13-11-14-8-4-3-5-9-14/h3-5,8-9H,1-2,6-7,10-13,16H2,(H,17,18). The van der Waals surface area contributed by atoms with Gasteiger partial charge in [-0.1, -0.05) is 43.2 Å². The Morgan fingerprint density at radius 2 is 1.78 bits per heavy atom. The first-order valence-electron chi connectivity index (χ1n) is 6.83. The van der Waals surface area contributed by atoms with Crippen LogP contribution in [0.2, 0.25) is 0 Å². The molecule has 1 amide bonds. The van der Waals surface area contributed by atoms with Crippen molar-refractivity contribution in [2.24, 2.45) is 5.73 Å². The average Bonchev–Trinajstić information content (AvgIpc) is 2.40. The Bertz CT molecular complexity index is 325. The number of unbranched alkanes of at least 4 members (excludes halogenated alkanes) is 3. The predicted octanol–water partition coefficient (Wildman–Crippen LogP) is 2.25. The van der Waals surface area contributed by atoms with E-state index in [1.807, 2.05) is 18.2 Å². The summed E-state index contributed by atoms with van der Waals surface area (Å²) in [6.07, 6.45) is 5.81. The fourth-order valence-corrected chi connectivity index (χ4v) is 1.86. The summed E-state index contributed by atoms with van der Waals surface area (Å²) >= 11 is 0. The Balaban J connectivity index is 2.00. The first-order valence-corrected chi connectivity index (χ1v) is 6.83. The fraction of sp³-hybridized carbons (Fsp3) is 0.533. The number of hydrogen-bond acceptors (Lipinski definition) is 2. The van der Waals surface area contributed by atoms with Crippen LogP contribution in [0.25, 0.3) is 0 Å². The number of carbonyl (C=O) groups excluding carboxylic acids is 1. The SMILES string of the molecule is NCCCCCCC(=O)NCCc1ccccc1. The topological polar surface area (TPSA) is 55.1 Å². The number of carbonyl (C=O) groups is 1. The zero-order valence-electron chi connectivity index (χ0n) is 11.0. The molecule has 0 saturated carbocycles. The molecule has 0 spiro atoms. The van der Waals surface area contributed by atoms with Crippen LogP contribution in [0.5, 0.6) is 0 Å². The summed E-state index contributed by atoms with van der Waals surface area (Å²) in [6, 6.07) is 10.2. The van der Waals surface area contributed by atoms with E-state index in [0.717, 1.165) is 45.2 Å². The third-order valence-corrected chi connectivity index (χ3v) is 2.94. The van der Waals surface area contributed by atoms with Crippen molar-refractivity contribution in [1.82, 2.24) is 5.32 Å². The Morgan fingerprint density at radius 3 is 2.50 bits per heavy atom. The summed E-state index contributed by atoms with van der Waals surface area (Å²) in [4.78, 5) is 11.5. The molecule has 1 aromatic carbocycles. The summed E-state index contributed by atoms with van der Waals surface area (Å²) in [5.41, 5.74) is 6.68. The quantitative estimate of drug-likeness (QED) is 0.659. The molecule has 3 heteroatoms. The van der Waals surface area contributed by atoms with Crippen molar-refractivity contribution in [1.29, 1.82) is 0 Å². The molecule has 1 aromatic rings. The molecule has 0 fully saturated rings. The number of benzene rings is 1. The summed E-state index contributed by atoms with van der Waals surface area (Å²) in [5, 5.41) is 2.96. The number of hydrogen-bond donors (Lipinski definition) is 2. The van der Waals surface area contributed by atoms with Crippen LogP contribution < -0.4 is 11.1 Å². The third-order valence-electron chi connectivity index (χ3n) is 2.94. The predicted molar refractivity (Wildman–Crippen MR) is 75.3 cm³/mol. The third kappa shape index (κ3) is 7.07. The van der Waals surface area contributed by atoms with Crippen molar-refractivity contribution in [3.63, 3.8) is 0 Å². The monoisotopic (exact) mass is 248 g/mol. The van der Waals surface area contributed by atoms with E-state index in [-0.39, 0.29) is 5.91 Å². The lowest BCUT2D eigenvalue weighted by Gasteiger charge is -2.05. The molecule has 0 aliphatic rings. The molecule has 18 heavy (non-hydrogen) atoms. The Morgan fingerprint density at radius 1 is 1.06 bits per heavy atom. The minimum atomic E-state index is 0.165. The zero-order valence-corrected chi connectivity index (χ0v) is 11.0. The highest BCUT2D eigenvalue weighted by Crippen LogP contribution is 2.02. The van der Waals surface area contributed by atoms with Gasteiger partial charge in [0.2, 0.25) is 5.91 Å². The molecule has 0 aromatic heterocycles. The summed E-state index contributed by atoms with van der Waals surface area (Å²) < 4.78 is 0. The van der Waals surface area contributed by atoms with Crippen molar-refractivity contribution in [3.05, 3.63) is 35.9 Å².